The van der Waals surface area contributed by atoms with Crippen LogP contribution in [0.4, 0.5) is 8.78 Å². The van der Waals surface area contributed by atoms with E-state index in [9.17, 15) is 8.78 Å². The number of benzene rings is 2. The minimum absolute atomic E-state index is 0.216. The van der Waals surface area contributed by atoms with Crippen LogP contribution in [0.5, 0.6) is 23.0 Å². The Morgan fingerprint density at radius 3 is 2.32 bits per heavy atom. The highest BCUT2D eigenvalue weighted by Crippen LogP contribution is 2.35. The highest BCUT2D eigenvalue weighted by atomic mass is 19.2. The van der Waals surface area contributed by atoms with Crippen LogP contribution in [0.25, 0.3) is 0 Å². The summed E-state index contributed by atoms with van der Waals surface area (Å²) in [6.45, 7) is 0. The zero-order valence-corrected chi connectivity index (χ0v) is 10.4. The molecule has 0 saturated carbocycles. The van der Waals surface area contributed by atoms with Crippen molar-refractivity contribution in [2.45, 2.75) is 0 Å². The Kier molecular flexibility index (Phi) is 3.85. The Hall–Kier alpha value is -2.30. The summed E-state index contributed by atoms with van der Waals surface area (Å²) in [5.74, 6) is -1.08. The molecular formula is C14H12F2O3. The molecule has 2 aromatic carbocycles. The monoisotopic (exact) mass is 266 g/mol. The molecule has 0 aliphatic rings. The normalized spacial score (nSPS) is 10.1. The lowest BCUT2D eigenvalue weighted by atomic mass is 10.3. The van der Waals surface area contributed by atoms with E-state index in [0.717, 1.165) is 6.07 Å². The summed E-state index contributed by atoms with van der Waals surface area (Å²) in [7, 11) is 2.95. The third-order valence-corrected chi connectivity index (χ3v) is 2.51. The van der Waals surface area contributed by atoms with Crippen molar-refractivity contribution in [3.05, 3.63) is 48.0 Å². The third-order valence-electron chi connectivity index (χ3n) is 2.51. The van der Waals surface area contributed by atoms with E-state index in [4.69, 9.17) is 14.2 Å². The van der Waals surface area contributed by atoms with Crippen molar-refractivity contribution in [3.63, 3.8) is 0 Å². The van der Waals surface area contributed by atoms with Crippen LogP contribution in [-0.2, 0) is 0 Å². The zero-order chi connectivity index (χ0) is 13.8. The first-order valence-corrected chi connectivity index (χ1v) is 5.49. The molecule has 2 rings (SSSR count). The van der Waals surface area contributed by atoms with Gasteiger partial charge < -0.3 is 14.2 Å². The van der Waals surface area contributed by atoms with Crippen LogP contribution in [0.2, 0.25) is 0 Å². The standard InChI is InChI=1S/C14H12F2O3/c1-17-9-6-7-11(18-2)13(8-9)19-12-5-3-4-10(15)14(12)16/h3-8H,1-2H3. The van der Waals surface area contributed by atoms with Gasteiger partial charge in [-0.15, -0.1) is 0 Å². The zero-order valence-electron chi connectivity index (χ0n) is 10.4. The average molecular weight is 266 g/mol. The summed E-state index contributed by atoms with van der Waals surface area (Å²) in [5.41, 5.74) is 0. The van der Waals surface area contributed by atoms with E-state index >= 15 is 0 Å². The average Bonchev–Trinajstić information content (AvgIpc) is 2.43. The van der Waals surface area contributed by atoms with Crippen LogP contribution < -0.4 is 14.2 Å². The minimum Gasteiger partial charge on any atom is -0.497 e. The molecule has 3 nitrogen and oxygen atoms in total. The molecular weight excluding hydrogens is 254 g/mol. The Morgan fingerprint density at radius 1 is 0.842 bits per heavy atom. The molecule has 0 heterocycles. The second kappa shape index (κ2) is 5.56. The maximum absolute atomic E-state index is 13.5. The summed E-state index contributed by atoms with van der Waals surface area (Å²) in [6.07, 6.45) is 0. The van der Waals surface area contributed by atoms with Crippen molar-refractivity contribution in [1.29, 1.82) is 0 Å². The van der Waals surface area contributed by atoms with Gasteiger partial charge in [0.15, 0.2) is 23.1 Å². The minimum atomic E-state index is -1.05. The van der Waals surface area contributed by atoms with Crippen molar-refractivity contribution in [1.82, 2.24) is 0 Å². The van der Waals surface area contributed by atoms with Crippen molar-refractivity contribution in [2.75, 3.05) is 14.2 Å². The number of hydrogen-bond acceptors (Lipinski definition) is 3. The maximum atomic E-state index is 13.5. The number of rotatable bonds is 4. The molecule has 0 amide bonds. The van der Waals surface area contributed by atoms with Crippen LogP contribution in [0.15, 0.2) is 36.4 Å². The van der Waals surface area contributed by atoms with Gasteiger partial charge in [-0.05, 0) is 24.3 Å². The largest absolute Gasteiger partial charge is 0.497 e. The molecule has 0 aliphatic carbocycles. The fraction of sp³-hybridized carbons (Fsp3) is 0.143. The van der Waals surface area contributed by atoms with Crippen LogP contribution in [0.3, 0.4) is 0 Å². The molecule has 0 atom stereocenters. The van der Waals surface area contributed by atoms with Gasteiger partial charge >= 0.3 is 0 Å². The molecule has 0 saturated heterocycles. The quantitative estimate of drug-likeness (QED) is 0.843. The smallest absolute Gasteiger partial charge is 0.201 e. The lowest BCUT2D eigenvalue weighted by molar-refractivity contribution is 0.359. The second-order valence-corrected chi connectivity index (χ2v) is 3.67. The molecule has 0 unspecified atom stereocenters. The molecule has 19 heavy (non-hydrogen) atoms. The van der Waals surface area contributed by atoms with Gasteiger partial charge in [-0.3, -0.25) is 0 Å². The van der Waals surface area contributed by atoms with Crippen molar-refractivity contribution >= 4 is 0 Å². The summed E-state index contributed by atoms with van der Waals surface area (Å²) in [5, 5.41) is 0. The number of hydrogen-bond donors (Lipinski definition) is 0. The van der Waals surface area contributed by atoms with Gasteiger partial charge in [-0.2, -0.15) is 4.39 Å². The first kappa shape index (κ1) is 13.1. The lowest BCUT2D eigenvalue weighted by Crippen LogP contribution is -1.95. The topological polar surface area (TPSA) is 27.7 Å². The Bertz CT molecular complexity index is 585. The highest BCUT2D eigenvalue weighted by molar-refractivity contribution is 5.47. The molecule has 0 fully saturated rings. The van der Waals surface area contributed by atoms with Crippen molar-refractivity contribution in [3.8, 4) is 23.0 Å². The van der Waals surface area contributed by atoms with E-state index in [2.05, 4.69) is 0 Å². The van der Waals surface area contributed by atoms with Crippen LogP contribution in [-0.4, -0.2) is 14.2 Å². The number of ether oxygens (including phenoxy) is 3. The fourth-order valence-electron chi connectivity index (χ4n) is 1.55. The van der Waals surface area contributed by atoms with Crippen molar-refractivity contribution in [2.24, 2.45) is 0 Å². The molecule has 100 valence electrons. The Balaban J connectivity index is 2.39. The van der Waals surface area contributed by atoms with E-state index in [0.29, 0.717) is 11.5 Å². The van der Waals surface area contributed by atoms with E-state index in [-0.39, 0.29) is 11.5 Å². The van der Waals surface area contributed by atoms with Gasteiger partial charge in [0.05, 0.1) is 14.2 Å². The first-order chi connectivity index (χ1) is 9.15. The Labute approximate surface area is 109 Å². The van der Waals surface area contributed by atoms with E-state index in [1.54, 1.807) is 12.1 Å². The van der Waals surface area contributed by atoms with Gasteiger partial charge in [-0.25, -0.2) is 4.39 Å². The summed E-state index contributed by atoms with van der Waals surface area (Å²) in [4.78, 5) is 0. The van der Waals surface area contributed by atoms with Gasteiger partial charge in [0.1, 0.15) is 5.75 Å². The van der Waals surface area contributed by atoms with Crippen molar-refractivity contribution < 1.29 is 23.0 Å². The van der Waals surface area contributed by atoms with Gasteiger partial charge in [0.25, 0.3) is 0 Å². The van der Waals surface area contributed by atoms with Gasteiger partial charge in [-0.1, -0.05) is 6.07 Å². The van der Waals surface area contributed by atoms with E-state index in [1.165, 1.54) is 32.4 Å². The molecule has 5 heteroatoms. The van der Waals surface area contributed by atoms with Crippen LogP contribution in [0, 0.1) is 11.6 Å². The Morgan fingerprint density at radius 2 is 1.63 bits per heavy atom. The predicted molar refractivity (Wildman–Crippen MR) is 66.0 cm³/mol. The summed E-state index contributed by atoms with van der Waals surface area (Å²) in [6, 6.07) is 8.53. The van der Waals surface area contributed by atoms with Crippen LogP contribution >= 0.6 is 0 Å². The van der Waals surface area contributed by atoms with E-state index < -0.39 is 11.6 Å². The molecule has 2 aromatic rings. The number of halogens is 2. The summed E-state index contributed by atoms with van der Waals surface area (Å²) >= 11 is 0. The first-order valence-electron chi connectivity index (χ1n) is 5.49. The maximum Gasteiger partial charge on any atom is 0.201 e. The van der Waals surface area contributed by atoms with Crippen LogP contribution in [0.1, 0.15) is 0 Å². The molecule has 0 aliphatic heterocycles. The fourth-order valence-corrected chi connectivity index (χ4v) is 1.55. The SMILES string of the molecule is COc1ccc(OC)c(Oc2cccc(F)c2F)c1. The molecule has 0 spiro atoms. The molecule has 0 bridgehead atoms. The number of methoxy groups -OCH3 is 2. The lowest BCUT2D eigenvalue weighted by Gasteiger charge is -2.12. The van der Waals surface area contributed by atoms with Gasteiger partial charge in [0.2, 0.25) is 5.82 Å². The second-order valence-electron chi connectivity index (χ2n) is 3.67. The molecule has 0 radical (unpaired) electrons. The molecule has 0 N–H and O–H groups in total. The molecule has 0 aromatic heterocycles. The summed E-state index contributed by atoms with van der Waals surface area (Å²) < 4.78 is 42.1. The van der Waals surface area contributed by atoms with E-state index in [1.807, 2.05) is 0 Å². The third kappa shape index (κ3) is 2.76. The van der Waals surface area contributed by atoms with Gasteiger partial charge in [0, 0.05) is 6.07 Å². The highest BCUT2D eigenvalue weighted by Gasteiger charge is 2.13. The predicted octanol–water partition coefficient (Wildman–Crippen LogP) is 3.77.